The Hall–Kier alpha value is -2.87. The van der Waals surface area contributed by atoms with Crippen LogP contribution < -0.4 is 15.0 Å². The molecule has 0 spiro atoms. The lowest BCUT2D eigenvalue weighted by atomic mass is 10.1. The first-order valence-corrected chi connectivity index (χ1v) is 9.08. The Morgan fingerprint density at radius 1 is 1.26 bits per heavy atom. The summed E-state index contributed by atoms with van der Waals surface area (Å²) in [5.74, 6) is 2.24. The Morgan fingerprint density at radius 3 is 2.74 bits per heavy atom. The van der Waals surface area contributed by atoms with Crippen LogP contribution in [-0.4, -0.2) is 51.2 Å². The Balaban J connectivity index is 1.70. The number of methoxy groups -OCH3 is 1. The van der Waals surface area contributed by atoms with Crippen LogP contribution in [0.2, 0.25) is 0 Å². The molecule has 1 aliphatic rings. The molecule has 1 aromatic carbocycles. The van der Waals surface area contributed by atoms with E-state index >= 15 is 0 Å². The third-order valence-electron chi connectivity index (χ3n) is 4.74. The number of aryl methyl sites for hydroxylation is 1. The van der Waals surface area contributed by atoms with E-state index in [2.05, 4.69) is 32.4 Å². The topological polar surface area (TPSA) is 88.3 Å². The third kappa shape index (κ3) is 3.40. The number of aromatic nitrogens is 4. The van der Waals surface area contributed by atoms with Gasteiger partial charge in [-0.25, -0.2) is 4.68 Å². The zero-order valence-corrected chi connectivity index (χ0v) is 15.8. The summed E-state index contributed by atoms with van der Waals surface area (Å²) in [5, 5.41) is 18.3. The van der Waals surface area contributed by atoms with E-state index in [0.717, 1.165) is 47.8 Å². The maximum Gasteiger partial charge on any atom is 0.226 e. The van der Waals surface area contributed by atoms with Crippen LogP contribution in [0.5, 0.6) is 5.75 Å². The average Bonchev–Trinajstić information content (AvgIpc) is 2.99. The lowest BCUT2D eigenvalue weighted by Crippen LogP contribution is -2.30. The molecule has 0 aliphatic carbocycles. The van der Waals surface area contributed by atoms with E-state index in [1.54, 1.807) is 18.7 Å². The van der Waals surface area contributed by atoms with Gasteiger partial charge in [0.1, 0.15) is 11.6 Å². The molecule has 3 heterocycles. The maximum absolute atomic E-state index is 9.56. The zero-order chi connectivity index (χ0) is 19.0. The largest absolute Gasteiger partial charge is 0.497 e. The number of nitrogens with one attached hydrogen (secondary N) is 1. The molecular formula is C19H24N6O2. The number of aliphatic hydroxyl groups is 1. The van der Waals surface area contributed by atoms with E-state index in [4.69, 9.17) is 9.72 Å². The zero-order valence-electron chi connectivity index (χ0n) is 15.8. The lowest BCUT2D eigenvalue weighted by molar-refractivity contribution is 0.208. The van der Waals surface area contributed by atoms with Crippen LogP contribution in [0.15, 0.2) is 24.3 Å². The van der Waals surface area contributed by atoms with Crippen molar-refractivity contribution in [1.82, 2.24) is 19.7 Å². The van der Waals surface area contributed by atoms with Gasteiger partial charge >= 0.3 is 0 Å². The number of anilines is 2. The molecule has 3 aromatic rings. The summed E-state index contributed by atoms with van der Waals surface area (Å²) < 4.78 is 7.05. The van der Waals surface area contributed by atoms with Gasteiger partial charge in [-0.05, 0) is 24.6 Å². The molecule has 0 saturated heterocycles. The summed E-state index contributed by atoms with van der Waals surface area (Å²) in [6.07, 6.45) is 0.391. The number of rotatable bonds is 6. The molecule has 0 amide bonds. The highest BCUT2D eigenvalue weighted by molar-refractivity contribution is 5.92. The molecule has 1 aliphatic heterocycles. The van der Waals surface area contributed by atoms with Gasteiger partial charge in [-0.3, -0.25) is 0 Å². The van der Waals surface area contributed by atoms with Crippen LogP contribution in [0.1, 0.15) is 18.2 Å². The summed E-state index contributed by atoms with van der Waals surface area (Å²) in [6, 6.07) is 8.09. The molecular weight excluding hydrogens is 344 g/mol. The molecule has 0 bridgehead atoms. The number of ether oxygens (including phenoxy) is 1. The van der Waals surface area contributed by atoms with Crippen molar-refractivity contribution >= 4 is 22.8 Å². The van der Waals surface area contributed by atoms with Crippen LogP contribution in [0.3, 0.4) is 0 Å². The summed E-state index contributed by atoms with van der Waals surface area (Å²) in [7, 11) is 3.57. The van der Waals surface area contributed by atoms with Gasteiger partial charge in [-0.15, -0.1) is 0 Å². The Morgan fingerprint density at radius 2 is 2.04 bits per heavy atom. The smallest absolute Gasteiger partial charge is 0.226 e. The monoisotopic (exact) mass is 368 g/mol. The number of nitrogens with zero attached hydrogens (tertiary/aromatic N) is 5. The minimum absolute atomic E-state index is 0.397. The van der Waals surface area contributed by atoms with E-state index in [-0.39, 0.29) is 0 Å². The highest BCUT2D eigenvalue weighted by Gasteiger charge is 2.26. The Kier molecular flexibility index (Phi) is 4.57. The minimum atomic E-state index is -0.474. The van der Waals surface area contributed by atoms with Gasteiger partial charge in [0.25, 0.3) is 0 Å². The van der Waals surface area contributed by atoms with E-state index < -0.39 is 6.10 Å². The van der Waals surface area contributed by atoms with Crippen LogP contribution in [-0.2, 0) is 20.0 Å². The van der Waals surface area contributed by atoms with Gasteiger partial charge in [0.2, 0.25) is 5.95 Å². The molecule has 0 radical (unpaired) electrons. The Labute approximate surface area is 157 Å². The standard InChI is InChI=1S/C19H24N6O2/c1-12(26)10-20-19-21-17-16-15(23-24(17)2)8-9-25(18(16)22-19)11-13-4-6-14(27-3)7-5-13/h4-7,12,26H,8-11H2,1-3H3,(H,20,21,22). The van der Waals surface area contributed by atoms with Crippen molar-refractivity contribution in [1.29, 1.82) is 0 Å². The molecule has 142 valence electrons. The van der Waals surface area contributed by atoms with Gasteiger partial charge in [-0.1, -0.05) is 12.1 Å². The second kappa shape index (κ2) is 7.03. The number of hydrogen-bond acceptors (Lipinski definition) is 7. The molecule has 8 nitrogen and oxygen atoms in total. The molecule has 2 aromatic heterocycles. The number of aliphatic hydroxyl groups excluding tert-OH is 1. The van der Waals surface area contributed by atoms with Crippen molar-refractivity contribution < 1.29 is 9.84 Å². The molecule has 0 fully saturated rings. The van der Waals surface area contributed by atoms with Crippen molar-refractivity contribution in [3.63, 3.8) is 0 Å². The van der Waals surface area contributed by atoms with Crippen LogP contribution in [0.25, 0.3) is 11.0 Å². The van der Waals surface area contributed by atoms with Gasteiger partial charge in [0.15, 0.2) is 5.65 Å². The van der Waals surface area contributed by atoms with Crippen molar-refractivity contribution in [2.45, 2.75) is 26.0 Å². The van der Waals surface area contributed by atoms with Crippen molar-refractivity contribution in [2.24, 2.45) is 7.05 Å². The molecule has 1 atom stereocenters. The maximum atomic E-state index is 9.56. The van der Waals surface area contributed by atoms with Crippen LogP contribution in [0.4, 0.5) is 11.8 Å². The summed E-state index contributed by atoms with van der Waals surface area (Å²) >= 11 is 0. The highest BCUT2D eigenvalue weighted by atomic mass is 16.5. The molecule has 8 heteroatoms. The quantitative estimate of drug-likeness (QED) is 0.685. The predicted molar refractivity (Wildman–Crippen MR) is 104 cm³/mol. The average molecular weight is 368 g/mol. The van der Waals surface area contributed by atoms with E-state index in [1.165, 1.54) is 5.56 Å². The molecule has 27 heavy (non-hydrogen) atoms. The van der Waals surface area contributed by atoms with Gasteiger partial charge in [-0.2, -0.15) is 15.1 Å². The third-order valence-corrected chi connectivity index (χ3v) is 4.74. The van der Waals surface area contributed by atoms with Crippen molar-refractivity contribution in [3.8, 4) is 5.75 Å². The van der Waals surface area contributed by atoms with E-state index in [0.29, 0.717) is 12.5 Å². The summed E-state index contributed by atoms with van der Waals surface area (Å²) in [4.78, 5) is 11.6. The van der Waals surface area contributed by atoms with Crippen LogP contribution >= 0.6 is 0 Å². The first kappa shape index (κ1) is 17.5. The molecule has 2 N–H and O–H groups in total. The first-order chi connectivity index (χ1) is 13.0. The molecule has 1 unspecified atom stereocenters. The fourth-order valence-electron chi connectivity index (χ4n) is 3.38. The van der Waals surface area contributed by atoms with Crippen LogP contribution in [0, 0.1) is 0 Å². The minimum Gasteiger partial charge on any atom is -0.497 e. The fourth-order valence-corrected chi connectivity index (χ4v) is 3.38. The Bertz CT molecular complexity index is 951. The van der Waals surface area contributed by atoms with E-state index in [1.807, 2.05) is 19.2 Å². The summed E-state index contributed by atoms with van der Waals surface area (Å²) in [5.41, 5.74) is 3.03. The summed E-state index contributed by atoms with van der Waals surface area (Å²) in [6.45, 7) is 3.72. The highest BCUT2D eigenvalue weighted by Crippen LogP contribution is 2.33. The van der Waals surface area contributed by atoms with Crippen molar-refractivity contribution in [3.05, 3.63) is 35.5 Å². The van der Waals surface area contributed by atoms with Crippen molar-refractivity contribution in [2.75, 3.05) is 30.4 Å². The second-order valence-electron chi connectivity index (χ2n) is 6.89. The van der Waals surface area contributed by atoms with Gasteiger partial charge in [0, 0.05) is 33.1 Å². The fraction of sp³-hybridized carbons (Fsp3) is 0.421. The normalized spacial score (nSPS) is 14.4. The van der Waals surface area contributed by atoms with E-state index in [9.17, 15) is 5.11 Å². The SMILES string of the molecule is COc1ccc(CN2CCc3nn(C)c4nc(NCC(C)O)nc2c34)cc1. The molecule has 0 saturated carbocycles. The van der Waals surface area contributed by atoms with Gasteiger partial charge < -0.3 is 20.1 Å². The first-order valence-electron chi connectivity index (χ1n) is 9.08. The predicted octanol–water partition coefficient (Wildman–Crippen LogP) is 1.73. The van der Waals surface area contributed by atoms with Gasteiger partial charge in [0.05, 0.1) is 24.3 Å². The number of benzene rings is 1. The number of hydrogen-bond donors (Lipinski definition) is 2. The molecule has 4 rings (SSSR count). The second-order valence-corrected chi connectivity index (χ2v) is 6.89. The lowest BCUT2D eigenvalue weighted by Gasteiger charge is -2.28.